The highest BCUT2D eigenvalue weighted by molar-refractivity contribution is 5.81. The van der Waals surface area contributed by atoms with Crippen molar-refractivity contribution in [1.82, 2.24) is 10.6 Å². The molecule has 5 N–H and O–H groups in total. The Labute approximate surface area is 174 Å². The normalized spacial score (nSPS) is 13.1. The molecular formula is C22H25N3O5. The third kappa shape index (κ3) is 5.08. The van der Waals surface area contributed by atoms with Crippen molar-refractivity contribution in [3.8, 4) is 11.1 Å². The second-order valence-electron chi connectivity index (χ2n) is 7.15. The van der Waals surface area contributed by atoms with E-state index in [1.165, 1.54) is 0 Å². The molecule has 8 heteroatoms. The van der Waals surface area contributed by atoms with Crippen molar-refractivity contribution in [2.24, 2.45) is 5.73 Å². The van der Waals surface area contributed by atoms with Crippen LogP contribution >= 0.6 is 0 Å². The van der Waals surface area contributed by atoms with Gasteiger partial charge in [0, 0.05) is 12.5 Å². The number of nitrogens with two attached hydrogens (primary N) is 1. The van der Waals surface area contributed by atoms with Crippen LogP contribution in [0.4, 0.5) is 9.59 Å². The fourth-order valence-corrected chi connectivity index (χ4v) is 3.72. The number of benzene rings is 2. The fraction of sp³-hybridized carbons (Fsp3) is 0.318. The van der Waals surface area contributed by atoms with Crippen LogP contribution in [-0.2, 0) is 9.53 Å². The number of carbonyl (C=O) groups is 3. The molecule has 0 aliphatic heterocycles. The predicted molar refractivity (Wildman–Crippen MR) is 111 cm³/mol. The number of carbonyl (C=O) groups excluding carboxylic acids is 2. The summed E-state index contributed by atoms with van der Waals surface area (Å²) in [5.74, 6) is -1.22. The Morgan fingerprint density at radius 2 is 1.60 bits per heavy atom. The van der Waals surface area contributed by atoms with Crippen LogP contribution in [0.5, 0.6) is 0 Å². The van der Waals surface area contributed by atoms with Crippen LogP contribution in [0.25, 0.3) is 11.1 Å². The number of carboxylic acid groups (broad SMARTS) is 1. The molecule has 0 spiro atoms. The molecule has 3 amide bonds. The number of alkyl carbamates (subject to hydrolysis) is 1. The van der Waals surface area contributed by atoms with Crippen molar-refractivity contribution in [2.75, 3.05) is 13.2 Å². The molecule has 1 aliphatic rings. The number of carboxylic acids is 1. The quantitative estimate of drug-likeness (QED) is 0.471. The van der Waals surface area contributed by atoms with E-state index < -0.39 is 24.1 Å². The zero-order valence-electron chi connectivity index (χ0n) is 16.5. The van der Waals surface area contributed by atoms with Gasteiger partial charge in [-0.05, 0) is 41.5 Å². The average Bonchev–Trinajstić information content (AvgIpc) is 3.04. The summed E-state index contributed by atoms with van der Waals surface area (Å²) < 4.78 is 5.39. The van der Waals surface area contributed by atoms with E-state index in [0.29, 0.717) is 19.4 Å². The molecule has 0 saturated carbocycles. The van der Waals surface area contributed by atoms with Gasteiger partial charge in [-0.2, -0.15) is 0 Å². The molecule has 2 aromatic carbocycles. The van der Waals surface area contributed by atoms with Gasteiger partial charge in [-0.25, -0.2) is 14.4 Å². The lowest BCUT2D eigenvalue weighted by atomic mass is 9.98. The van der Waals surface area contributed by atoms with Crippen molar-refractivity contribution in [2.45, 2.75) is 31.2 Å². The highest BCUT2D eigenvalue weighted by Crippen LogP contribution is 2.44. The van der Waals surface area contributed by atoms with Gasteiger partial charge < -0.3 is 26.2 Å². The summed E-state index contributed by atoms with van der Waals surface area (Å²) in [6, 6.07) is 14.3. The predicted octanol–water partition coefficient (Wildman–Crippen LogP) is 2.82. The molecular weight excluding hydrogens is 386 g/mol. The maximum absolute atomic E-state index is 12.2. The first-order valence-electron chi connectivity index (χ1n) is 9.85. The fourth-order valence-electron chi connectivity index (χ4n) is 3.72. The number of aliphatic carboxylic acids is 1. The molecule has 0 radical (unpaired) electrons. The van der Waals surface area contributed by atoms with Gasteiger partial charge in [0.15, 0.2) is 0 Å². The summed E-state index contributed by atoms with van der Waals surface area (Å²) in [5.41, 5.74) is 9.39. The minimum atomic E-state index is -1.13. The van der Waals surface area contributed by atoms with Crippen molar-refractivity contribution in [1.29, 1.82) is 0 Å². The van der Waals surface area contributed by atoms with Crippen LogP contribution in [0.2, 0.25) is 0 Å². The Kier molecular flexibility index (Phi) is 6.90. The average molecular weight is 411 g/mol. The molecule has 1 aliphatic carbocycles. The second kappa shape index (κ2) is 9.78. The first-order valence-corrected chi connectivity index (χ1v) is 9.85. The van der Waals surface area contributed by atoms with E-state index >= 15 is 0 Å². The van der Waals surface area contributed by atoms with E-state index in [0.717, 1.165) is 22.3 Å². The second-order valence-corrected chi connectivity index (χ2v) is 7.15. The van der Waals surface area contributed by atoms with E-state index in [1.54, 1.807) is 0 Å². The molecule has 30 heavy (non-hydrogen) atoms. The smallest absolute Gasteiger partial charge is 0.407 e. The number of ether oxygens (including phenoxy) is 1. The Balaban J connectivity index is 1.54. The Morgan fingerprint density at radius 1 is 1.00 bits per heavy atom. The van der Waals surface area contributed by atoms with Gasteiger partial charge in [0.1, 0.15) is 12.6 Å². The number of unbranched alkanes of at least 4 members (excludes halogenated alkanes) is 1. The van der Waals surface area contributed by atoms with Crippen molar-refractivity contribution >= 4 is 18.1 Å². The molecule has 8 nitrogen and oxygen atoms in total. The third-order valence-electron chi connectivity index (χ3n) is 5.15. The summed E-state index contributed by atoms with van der Waals surface area (Å²) in [6.07, 6.45) is 0.513. The minimum absolute atomic E-state index is 0.0914. The molecule has 3 rings (SSSR count). The first kappa shape index (κ1) is 21.2. The van der Waals surface area contributed by atoms with Crippen molar-refractivity contribution in [3.63, 3.8) is 0 Å². The van der Waals surface area contributed by atoms with Crippen LogP contribution in [-0.4, -0.2) is 42.4 Å². The van der Waals surface area contributed by atoms with E-state index in [2.05, 4.69) is 10.6 Å². The van der Waals surface area contributed by atoms with E-state index in [-0.39, 0.29) is 18.9 Å². The topological polar surface area (TPSA) is 131 Å². The number of amides is 3. The SMILES string of the molecule is NC(=O)NCCCCC(NC(=O)OCC1c2ccccc2-c2ccccc21)C(=O)O. The van der Waals surface area contributed by atoms with Crippen LogP contribution in [0.1, 0.15) is 36.3 Å². The molecule has 1 unspecified atom stereocenters. The highest BCUT2D eigenvalue weighted by Gasteiger charge is 2.29. The van der Waals surface area contributed by atoms with E-state index in [4.69, 9.17) is 10.5 Å². The van der Waals surface area contributed by atoms with Gasteiger partial charge in [0.2, 0.25) is 0 Å². The monoisotopic (exact) mass is 411 g/mol. The number of urea groups is 1. The van der Waals surface area contributed by atoms with Gasteiger partial charge in [-0.1, -0.05) is 48.5 Å². The Morgan fingerprint density at radius 3 is 2.17 bits per heavy atom. The summed E-state index contributed by atoms with van der Waals surface area (Å²) in [4.78, 5) is 34.3. The van der Waals surface area contributed by atoms with Gasteiger partial charge >= 0.3 is 18.1 Å². The molecule has 0 saturated heterocycles. The van der Waals surface area contributed by atoms with Crippen LogP contribution in [0.3, 0.4) is 0 Å². The standard InChI is InChI=1S/C22H25N3O5/c23-21(28)24-12-6-5-11-19(20(26)27)25-22(29)30-13-18-16-9-3-1-7-14(16)15-8-2-4-10-17(15)18/h1-4,7-10,18-19H,5-6,11-13H2,(H,25,29)(H,26,27)(H3,23,24,28). The molecule has 0 bridgehead atoms. The maximum Gasteiger partial charge on any atom is 0.407 e. The molecule has 1 atom stereocenters. The number of primary amides is 1. The number of rotatable bonds is 9. The van der Waals surface area contributed by atoms with Gasteiger partial charge in [0.25, 0.3) is 0 Å². The highest BCUT2D eigenvalue weighted by atomic mass is 16.5. The Hall–Kier alpha value is -3.55. The van der Waals surface area contributed by atoms with E-state index in [1.807, 2.05) is 48.5 Å². The van der Waals surface area contributed by atoms with Crippen molar-refractivity contribution in [3.05, 3.63) is 59.7 Å². The number of fused-ring (bicyclic) bond motifs is 3. The summed E-state index contributed by atoms with van der Waals surface area (Å²) in [6.45, 7) is 0.474. The van der Waals surface area contributed by atoms with Crippen LogP contribution in [0, 0.1) is 0 Å². The van der Waals surface area contributed by atoms with E-state index in [9.17, 15) is 19.5 Å². The van der Waals surface area contributed by atoms with Crippen molar-refractivity contribution < 1.29 is 24.2 Å². The lowest BCUT2D eigenvalue weighted by Crippen LogP contribution is -2.41. The summed E-state index contributed by atoms with van der Waals surface area (Å²) >= 11 is 0. The first-order chi connectivity index (χ1) is 14.5. The minimum Gasteiger partial charge on any atom is -0.480 e. The molecule has 158 valence electrons. The van der Waals surface area contributed by atoms with Gasteiger partial charge in [0.05, 0.1) is 0 Å². The number of nitrogens with one attached hydrogen (secondary N) is 2. The van der Waals surface area contributed by atoms with Crippen LogP contribution < -0.4 is 16.4 Å². The number of hydrogen-bond donors (Lipinski definition) is 4. The summed E-state index contributed by atoms with van der Waals surface area (Å²) in [7, 11) is 0. The summed E-state index contributed by atoms with van der Waals surface area (Å²) in [5, 5.41) is 14.2. The number of hydrogen-bond acceptors (Lipinski definition) is 4. The molecule has 0 aromatic heterocycles. The third-order valence-corrected chi connectivity index (χ3v) is 5.15. The van der Waals surface area contributed by atoms with Gasteiger partial charge in [-0.3, -0.25) is 0 Å². The Bertz CT molecular complexity index is 885. The lowest BCUT2D eigenvalue weighted by molar-refractivity contribution is -0.139. The maximum atomic E-state index is 12.2. The largest absolute Gasteiger partial charge is 0.480 e. The van der Waals surface area contributed by atoms with Gasteiger partial charge in [-0.15, -0.1) is 0 Å². The van der Waals surface area contributed by atoms with Crippen LogP contribution in [0.15, 0.2) is 48.5 Å². The zero-order chi connectivity index (χ0) is 21.5. The molecule has 0 fully saturated rings. The zero-order valence-corrected chi connectivity index (χ0v) is 16.5. The lowest BCUT2D eigenvalue weighted by Gasteiger charge is -2.17. The molecule has 2 aromatic rings. The molecule has 0 heterocycles.